The minimum atomic E-state index is -0.800. The Bertz CT molecular complexity index is 825. The van der Waals surface area contributed by atoms with E-state index in [-0.39, 0.29) is 5.56 Å². The lowest BCUT2D eigenvalue weighted by Crippen LogP contribution is -1.99. The van der Waals surface area contributed by atoms with Gasteiger partial charge in [-0.25, -0.2) is 4.39 Å². The van der Waals surface area contributed by atoms with Crippen molar-refractivity contribution >= 4 is 11.9 Å². The first-order valence-corrected chi connectivity index (χ1v) is 7.21. The van der Waals surface area contributed by atoms with E-state index in [1.165, 1.54) is 12.3 Å². The van der Waals surface area contributed by atoms with E-state index in [1.54, 1.807) is 30.5 Å². The highest BCUT2D eigenvalue weighted by Crippen LogP contribution is 2.21. The van der Waals surface area contributed by atoms with E-state index in [0.29, 0.717) is 5.56 Å². The molecule has 0 saturated heterocycles. The van der Waals surface area contributed by atoms with Crippen LogP contribution in [0.1, 0.15) is 15.9 Å². The highest BCUT2D eigenvalue weighted by atomic mass is 19.1. The van der Waals surface area contributed by atoms with Gasteiger partial charge >= 0.3 is 0 Å². The summed E-state index contributed by atoms with van der Waals surface area (Å²) in [5.74, 6) is -1.46. The number of hydrogen-bond donors (Lipinski definition) is 0. The molecule has 23 heavy (non-hydrogen) atoms. The van der Waals surface area contributed by atoms with Gasteiger partial charge < -0.3 is 0 Å². The summed E-state index contributed by atoms with van der Waals surface area (Å²) >= 11 is 0. The van der Waals surface area contributed by atoms with E-state index in [4.69, 9.17) is 0 Å². The van der Waals surface area contributed by atoms with Gasteiger partial charge in [-0.2, -0.15) is 0 Å². The zero-order valence-electron chi connectivity index (χ0n) is 12.3. The largest absolute Gasteiger partial charge is 0.286 e. The fraction of sp³-hybridized carbons (Fsp3) is 0. The molecule has 1 aromatic heterocycles. The van der Waals surface area contributed by atoms with E-state index < -0.39 is 11.6 Å². The van der Waals surface area contributed by atoms with Crippen molar-refractivity contribution in [2.24, 2.45) is 0 Å². The number of allylic oxidation sites excluding steroid dienone is 1. The minimum Gasteiger partial charge on any atom is -0.286 e. The molecule has 2 aromatic carbocycles. The summed E-state index contributed by atoms with van der Waals surface area (Å²) in [6, 6.07) is 20.5. The number of halogens is 1. The second-order valence-electron chi connectivity index (χ2n) is 5.05. The molecule has 0 amide bonds. The molecule has 2 nitrogen and oxygen atoms in total. The molecule has 0 aliphatic carbocycles. The number of hydrogen-bond acceptors (Lipinski definition) is 2. The zero-order chi connectivity index (χ0) is 16.1. The Balaban J connectivity index is 1.81. The molecule has 0 aliphatic rings. The van der Waals surface area contributed by atoms with Crippen LogP contribution >= 0.6 is 0 Å². The van der Waals surface area contributed by atoms with E-state index in [9.17, 15) is 9.18 Å². The van der Waals surface area contributed by atoms with Crippen LogP contribution < -0.4 is 0 Å². The summed E-state index contributed by atoms with van der Waals surface area (Å²) in [6.07, 6.45) is 4.14. The third-order valence-corrected chi connectivity index (χ3v) is 3.45. The van der Waals surface area contributed by atoms with Gasteiger partial charge in [0.05, 0.1) is 0 Å². The fourth-order valence-corrected chi connectivity index (χ4v) is 2.25. The minimum absolute atomic E-state index is 0.238. The first kappa shape index (κ1) is 14.9. The number of ketones is 1. The van der Waals surface area contributed by atoms with Crippen LogP contribution in [0.3, 0.4) is 0 Å². The third kappa shape index (κ3) is 3.58. The standard InChI is InChI=1S/C20H14FNO/c21-19(20(23)18-7-4-12-22-14-18)13-15-8-10-17(11-9-15)16-5-2-1-3-6-16/h1-14H/b19-13-. The molecule has 0 aliphatic heterocycles. The number of rotatable bonds is 4. The Morgan fingerprint density at radius 2 is 1.57 bits per heavy atom. The molecule has 0 spiro atoms. The number of nitrogens with zero attached hydrogens (tertiary/aromatic N) is 1. The van der Waals surface area contributed by atoms with Crippen LogP contribution in [0.5, 0.6) is 0 Å². The van der Waals surface area contributed by atoms with Crippen LogP contribution in [0, 0.1) is 0 Å². The van der Waals surface area contributed by atoms with Crippen LogP contribution in [0.2, 0.25) is 0 Å². The van der Waals surface area contributed by atoms with Crippen molar-refractivity contribution in [3.05, 3.63) is 96.1 Å². The molecule has 1 heterocycles. The van der Waals surface area contributed by atoms with E-state index in [2.05, 4.69) is 4.98 Å². The second-order valence-corrected chi connectivity index (χ2v) is 5.05. The predicted octanol–water partition coefficient (Wildman–Crippen LogP) is 4.94. The Labute approximate surface area is 133 Å². The molecule has 0 unspecified atom stereocenters. The number of benzene rings is 2. The van der Waals surface area contributed by atoms with E-state index >= 15 is 0 Å². The summed E-state index contributed by atoms with van der Waals surface area (Å²) in [5, 5.41) is 0. The Morgan fingerprint density at radius 1 is 0.870 bits per heavy atom. The molecular weight excluding hydrogens is 289 g/mol. The maximum Gasteiger partial charge on any atom is 0.222 e. The summed E-state index contributed by atoms with van der Waals surface area (Å²) in [7, 11) is 0. The molecular formula is C20H14FNO. The summed E-state index contributed by atoms with van der Waals surface area (Å²) < 4.78 is 14.1. The fourth-order valence-electron chi connectivity index (χ4n) is 2.25. The normalized spacial score (nSPS) is 11.3. The lowest BCUT2D eigenvalue weighted by molar-refractivity contribution is 0.101. The van der Waals surface area contributed by atoms with Crippen molar-refractivity contribution in [3.63, 3.8) is 0 Å². The van der Waals surface area contributed by atoms with Gasteiger partial charge in [-0.15, -0.1) is 0 Å². The van der Waals surface area contributed by atoms with Gasteiger partial charge in [0, 0.05) is 18.0 Å². The summed E-state index contributed by atoms with van der Waals surface area (Å²) in [5.41, 5.74) is 3.01. The predicted molar refractivity (Wildman–Crippen MR) is 89.5 cm³/mol. The Hall–Kier alpha value is -3.07. The van der Waals surface area contributed by atoms with Crippen molar-refractivity contribution in [1.82, 2.24) is 4.98 Å². The van der Waals surface area contributed by atoms with Gasteiger partial charge in [0.2, 0.25) is 5.78 Å². The summed E-state index contributed by atoms with van der Waals surface area (Å²) in [6.45, 7) is 0. The number of aromatic nitrogens is 1. The topological polar surface area (TPSA) is 30.0 Å². The van der Waals surface area contributed by atoms with Gasteiger partial charge in [-0.05, 0) is 34.9 Å². The van der Waals surface area contributed by atoms with Crippen LogP contribution in [-0.4, -0.2) is 10.8 Å². The average molecular weight is 303 g/mol. The third-order valence-electron chi connectivity index (χ3n) is 3.45. The Morgan fingerprint density at radius 3 is 2.22 bits per heavy atom. The molecule has 3 heteroatoms. The van der Waals surface area contributed by atoms with Crippen LogP contribution in [0.4, 0.5) is 4.39 Å². The Kier molecular flexibility index (Phi) is 4.39. The molecule has 0 bridgehead atoms. The van der Waals surface area contributed by atoms with Crippen molar-refractivity contribution in [2.45, 2.75) is 0 Å². The lowest BCUT2D eigenvalue weighted by Gasteiger charge is -2.02. The van der Waals surface area contributed by atoms with Crippen molar-refractivity contribution in [2.75, 3.05) is 0 Å². The number of carbonyl (C=O) groups is 1. The monoisotopic (exact) mass is 303 g/mol. The van der Waals surface area contributed by atoms with Gasteiger partial charge in [-0.3, -0.25) is 9.78 Å². The molecule has 112 valence electrons. The van der Waals surface area contributed by atoms with Crippen LogP contribution in [0.15, 0.2) is 85.0 Å². The van der Waals surface area contributed by atoms with Gasteiger partial charge in [0.1, 0.15) is 0 Å². The maximum absolute atomic E-state index is 14.1. The lowest BCUT2D eigenvalue weighted by atomic mass is 10.0. The SMILES string of the molecule is O=C(/C(F)=C/c1ccc(-c2ccccc2)cc1)c1cccnc1. The van der Waals surface area contributed by atoms with Crippen molar-refractivity contribution < 1.29 is 9.18 Å². The van der Waals surface area contributed by atoms with Crippen molar-refractivity contribution in [3.8, 4) is 11.1 Å². The number of carbonyl (C=O) groups excluding carboxylic acids is 1. The van der Waals surface area contributed by atoms with Gasteiger partial charge in [0.25, 0.3) is 0 Å². The molecule has 3 rings (SSSR count). The van der Waals surface area contributed by atoms with Gasteiger partial charge in [-0.1, -0.05) is 54.6 Å². The molecule has 3 aromatic rings. The first-order valence-electron chi connectivity index (χ1n) is 7.21. The van der Waals surface area contributed by atoms with Crippen LogP contribution in [-0.2, 0) is 0 Å². The molecule has 0 atom stereocenters. The molecule has 0 N–H and O–H groups in total. The molecule has 0 fully saturated rings. The van der Waals surface area contributed by atoms with E-state index in [1.807, 2.05) is 42.5 Å². The van der Waals surface area contributed by atoms with Crippen LogP contribution in [0.25, 0.3) is 17.2 Å². The smallest absolute Gasteiger partial charge is 0.222 e. The van der Waals surface area contributed by atoms with E-state index in [0.717, 1.165) is 11.1 Å². The zero-order valence-corrected chi connectivity index (χ0v) is 12.3. The molecule has 0 saturated carbocycles. The van der Waals surface area contributed by atoms with Crippen molar-refractivity contribution in [1.29, 1.82) is 0 Å². The highest BCUT2D eigenvalue weighted by molar-refractivity contribution is 6.09. The maximum atomic E-state index is 14.1. The number of pyridine rings is 1. The second kappa shape index (κ2) is 6.79. The highest BCUT2D eigenvalue weighted by Gasteiger charge is 2.11. The number of Topliss-reactive ketones (excluding diaryl/α,β-unsaturated/α-hetero) is 1. The van der Waals surface area contributed by atoms with Gasteiger partial charge in [0.15, 0.2) is 5.83 Å². The molecule has 0 radical (unpaired) electrons. The quantitative estimate of drug-likeness (QED) is 0.504. The summed E-state index contributed by atoms with van der Waals surface area (Å²) in [4.78, 5) is 15.8. The first-order chi connectivity index (χ1) is 11.2. The average Bonchev–Trinajstić information content (AvgIpc) is 2.63.